The number of aryl methyl sites for hydroxylation is 1. The van der Waals surface area contributed by atoms with Gasteiger partial charge in [-0.05, 0) is 34.5 Å². The molecule has 0 radical (unpaired) electrons. The highest BCUT2D eigenvalue weighted by Gasteiger charge is 2.23. The molecule has 8 heteroatoms. The minimum atomic E-state index is -0.511. The van der Waals surface area contributed by atoms with E-state index >= 15 is 0 Å². The second-order valence-corrected chi connectivity index (χ2v) is 6.02. The summed E-state index contributed by atoms with van der Waals surface area (Å²) in [5.41, 5.74) is 8.46. The van der Waals surface area contributed by atoms with E-state index in [1.165, 1.54) is 10.9 Å². The minimum absolute atomic E-state index is 0.147. The van der Waals surface area contributed by atoms with Crippen LogP contribution in [0.4, 0.5) is 4.39 Å². The van der Waals surface area contributed by atoms with Crippen LogP contribution in [-0.2, 0) is 7.05 Å². The van der Waals surface area contributed by atoms with E-state index in [1.54, 1.807) is 13.1 Å². The van der Waals surface area contributed by atoms with Crippen molar-refractivity contribution in [2.24, 2.45) is 12.8 Å². The van der Waals surface area contributed by atoms with Crippen molar-refractivity contribution in [2.75, 3.05) is 6.61 Å². The molecule has 1 aliphatic rings. The van der Waals surface area contributed by atoms with Gasteiger partial charge in [-0.1, -0.05) is 23.7 Å². The van der Waals surface area contributed by atoms with E-state index in [2.05, 4.69) is 15.4 Å². The van der Waals surface area contributed by atoms with Crippen LogP contribution in [0.3, 0.4) is 0 Å². The molecule has 0 spiro atoms. The number of benzene rings is 2. The molecule has 2 N–H and O–H groups in total. The van der Waals surface area contributed by atoms with Gasteiger partial charge >= 0.3 is 0 Å². The number of ether oxygens (including phenoxy) is 1. The highest BCUT2D eigenvalue weighted by Crippen LogP contribution is 2.39. The summed E-state index contributed by atoms with van der Waals surface area (Å²) in [6, 6.07) is 8.33. The molecule has 122 valence electrons. The average Bonchev–Trinajstić information content (AvgIpc) is 3.13. The molecule has 0 fully saturated rings. The maximum Gasteiger partial charge on any atom is 0.208 e. The van der Waals surface area contributed by atoms with Crippen molar-refractivity contribution in [2.45, 2.75) is 6.04 Å². The number of nitrogens with two attached hydrogens (primary N) is 1. The van der Waals surface area contributed by atoms with E-state index in [4.69, 9.17) is 22.1 Å². The van der Waals surface area contributed by atoms with Gasteiger partial charge in [-0.25, -0.2) is 4.39 Å². The summed E-state index contributed by atoms with van der Waals surface area (Å²) in [5.74, 6) is 0.377. The normalized spacial score (nSPS) is 16.1. The quantitative estimate of drug-likeness (QED) is 0.772. The summed E-state index contributed by atoms with van der Waals surface area (Å²) >= 11 is 6.05. The first-order valence-corrected chi connectivity index (χ1v) is 7.67. The summed E-state index contributed by atoms with van der Waals surface area (Å²) in [6.45, 7) is 0.432. The Bertz CT molecular complexity index is 942. The standard InChI is InChI=1S/C16H13ClFN5O/c1-23-21-16(20-22-23)15-11(5-9(17)6-12(15)18)8-2-3-10-13(19)7-24-14(10)4-8/h2-6,13H,7,19H2,1H3. The van der Waals surface area contributed by atoms with Crippen LogP contribution in [-0.4, -0.2) is 26.8 Å². The molecule has 1 unspecified atom stereocenters. The fourth-order valence-electron chi connectivity index (χ4n) is 2.82. The van der Waals surface area contributed by atoms with Gasteiger partial charge in [0.1, 0.15) is 18.2 Å². The SMILES string of the molecule is Cn1nnc(-c2c(F)cc(Cl)cc2-c2ccc3c(c2)OCC3N)n1. The second-order valence-electron chi connectivity index (χ2n) is 5.58. The van der Waals surface area contributed by atoms with E-state index in [9.17, 15) is 4.39 Å². The fraction of sp³-hybridized carbons (Fsp3) is 0.188. The van der Waals surface area contributed by atoms with Gasteiger partial charge in [-0.3, -0.25) is 0 Å². The molecule has 0 bridgehead atoms. The predicted molar refractivity (Wildman–Crippen MR) is 87.1 cm³/mol. The van der Waals surface area contributed by atoms with Crippen LogP contribution < -0.4 is 10.5 Å². The number of halogens is 2. The summed E-state index contributed by atoms with van der Waals surface area (Å²) in [7, 11) is 1.62. The minimum Gasteiger partial charge on any atom is -0.491 e. The Hall–Kier alpha value is -2.51. The molecular formula is C16H13ClFN5O. The number of hydrogen-bond donors (Lipinski definition) is 1. The molecule has 2 aromatic carbocycles. The van der Waals surface area contributed by atoms with Crippen molar-refractivity contribution in [1.82, 2.24) is 20.2 Å². The van der Waals surface area contributed by atoms with Gasteiger partial charge in [0.25, 0.3) is 0 Å². The Kier molecular flexibility index (Phi) is 3.47. The largest absolute Gasteiger partial charge is 0.491 e. The Balaban J connectivity index is 1.92. The smallest absolute Gasteiger partial charge is 0.208 e. The third-order valence-electron chi connectivity index (χ3n) is 3.93. The van der Waals surface area contributed by atoms with E-state index in [0.29, 0.717) is 17.9 Å². The van der Waals surface area contributed by atoms with E-state index < -0.39 is 5.82 Å². The van der Waals surface area contributed by atoms with Crippen LogP contribution in [0, 0.1) is 5.82 Å². The van der Waals surface area contributed by atoms with Gasteiger partial charge in [-0.2, -0.15) is 4.80 Å². The van der Waals surface area contributed by atoms with Gasteiger partial charge in [0.15, 0.2) is 0 Å². The van der Waals surface area contributed by atoms with Crippen molar-refractivity contribution in [3.63, 3.8) is 0 Å². The van der Waals surface area contributed by atoms with Crippen LogP contribution in [0.25, 0.3) is 22.5 Å². The molecule has 0 saturated carbocycles. The lowest BCUT2D eigenvalue weighted by molar-refractivity contribution is 0.333. The zero-order chi connectivity index (χ0) is 16.8. The molecule has 24 heavy (non-hydrogen) atoms. The maximum atomic E-state index is 14.6. The lowest BCUT2D eigenvalue weighted by atomic mass is 9.96. The highest BCUT2D eigenvalue weighted by molar-refractivity contribution is 6.31. The topological polar surface area (TPSA) is 78.8 Å². The van der Waals surface area contributed by atoms with Gasteiger partial charge in [0.05, 0.1) is 18.7 Å². The third kappa shape index (κ3) is 2.42. The van der Waals surface area contributed by atoms with Gasteiger partial charge < -0.3 is 10.5 Å². The fourth-order valence-corrected chi connectivity index (χ4v) is 3.02. The third-order valence-corrected chi connectivity index (χ3v) is 4.15. The number of tetrazole rings is 1. The number of rotatable bonds is 2. The van der Waals surface area contributed by atoms with E-state index in [-0.39, 0.29) is 22.5 Å². The first-order chi connectivity index (χ1) is 11.5. The predicted octanol–water partition coefficient (Wildman–Crippen LogP) is 2.73. The summed E-state index contributed by atoms with van der Waals surface area (Å²) in [6.07, 6.45) is 0. The zero-order valence-electron chi connectivity index (χ0n) is 12.7. The molecule has 3 aromatic rings. The second kappa shape index (κ2) is 5.54. The molecule has 0 amide bonds. The number of fused-ring (bicyclic) bond motifs is 1. The molecular weight excluding hydrogens is 333 g/mol. The van der Waals surface area contributed by atoms with Crippen molar-refractivity contribution in [3.8, 4) is 28.3 Å². The number of nitrogens with zero attached hydrogens (tertiary/aromatic N) is 4. The Morgan fingerprint density at radius 1 is 1.33 bits per heavy atom. The van der Waals surface area contributed by atoms with Crippen molar-refractivity contribution >= 4 is 11.6 Å². The van der Waals surface area contributed by atoms with Gasteiger partial charge in [0, 0.05) is 10.6 Å². The zero-order valence-corrected chi connectivity index (χ0v) is 13.5. The van der Waals surface area contributed by atoms with E-state index in [1.807, 2.05) is 18.2 Å². The maximum absolute atomic E-state index is 14.6. The summed E-state index contributed by atoms with van der Waals surface area (Å²) < 4.78 is 20.2. The average molecular weight is 346 g/mol. The first kappa shape index (κ1) is 15.0. The van der Waals surface area contributed by atoms with Crippen molar-refractivity contribution < 1.29 is 9.13 Å². The van der Waals surface area contributed by atoms with Crippen LogP contribution in [0.5, 0.6) is 5.75 Å². The molecule has 1 aromatic heterocycles. The Labute approximate surface area is 142 Å². The molecule has 0 aliphatic carbocycles. The molecule has 0 saturated heterocycles. The summed E-state index contributed by atoms with van der Waals surface area (Å²) in [5, 5.41) is 12.1. The van der Waals surface area contributed by atoms with Crippen LogP contribution >= 0.6 is 11.6 Å². The molecule has 6 nitrogen and oxygen atoms in total. The molecule has 4 rings (SSSR count). The van der Waals surface area contributed by atoms with Crippen molar-refractivity contribution in [3.05, 3.63) is 46.7 Å². The lowest BCUT2D eigenvalue weighted by Gasteiger charge is -2.11. The number of hydrogen-bond acceptors (Lipinski definition) is 5. The summed E-state index contributed by atoms with van der Waals surface area (Å²) in [4.78, 5) is 1.28. The van der Waals surface area contributed by atoms with E-state index in [0.717, 1.165) is 11.1 Å². The lowest BCUT2D eigenvalue weighted by Crippen LogP contribution is -2.10. The van der Waals surface area contributed by atoms with Crippen LogP contribution in [0.2, 0.25) is 5.02 Å². The number of aromatic nitrogens is 4. The van der Waals surface area contributed by atoms with Crippen LogP contribution in [0.1, 0.15) is 11.6 Å². The molecule has 1 atom stereocenters. The molecule has 1 aliphatic heterocycles. The first-order valence-electron chi connectivity index (χ1n) is 7.29. The van der Waals surface area contributed by atoms with Crippen LogP contribution in [0.15, 0.2) is 30.3 Å². The van der Waals surface area contributed by atoms with Gasteiger partial charge in [-0.15, -0.1) is 10.2 Å². The Morgan fingerprint density at radius 3 is 2.92 bits per heavy atom. The monoisotopic (exact) mass is 345 g/mol. The van der Waals surface area contributed by atoms with Gasteiger partial charge in [0.2, 0.25) is 5.82 Å². The highest BCUT2D eigenvalue weighted by atomic mass is 35.5. The molecule has 2 heterocycles. The Morgan fingerprint density at radius 2 is 2.17 bits per heavy atom. The van der Waals surface area contributed by atoms with Crippen molar-refractivity contribution in [1.29, 1.82) is 0 Å².